The second-order valence-electron chi connectivity index (χ2n) is 7.53. The lowest BCUT2D eigenvalue weighted by Gasteiger charge is -2.31. The lowest BCUT2D eigenvalue weighted by molar-refractivity contribution is -0.385. The Morgan fingerprint density at radius 2 is 1.87 bits per heavy atom. The second kappa shape index (κ2) is 8.71. The predicted octanol–water partition coefficient (Wildman–Crippen LogP) is 3.47. The van der Waals surface area contributed by atoms with Crippen LogP contribution in [0.1, 0.15) is 28.8 Å². The maximum atomic E-state index is 13.0. The fourth-order valence-corrected chi connectivity index (χ4v) is 4.03. The van der Waals surface area contributed by atoms with Gasteiger partial charge in [-0.05, 0) is 50.2 Å². The van der Waals surface area contributed by atoms with Gasteiger partial charge in [0.15, 0.2) is 17.3 Å². The van der Waals surface area contributed by atoms with Crippen LogP contribution in [0.15, 0.2) is 36.4 Å². The van der Waals surface area contributed by atoms with Gasteiger partial charge >= 0.3 is 0 Å². The third kappa shape index (κ3) is 4.23. The molecule has 158 valence electrons. The van der Waals surface area contributed by atoms with Crippen LogP contribution in [0, 0.1) is 16.0 Å². The number of likely N-dealkylation sites (tertiary alicyclic amines) is 1. The molecular weight excluding hydrogens is 388 g/mol. The normalized spacial score (nSPS) is 16.8. The summed E-state index contributed by atoms with van der Waals surface area (Å²) in [6.07, 6.45) is 1.48. The first-order chi connectivity index (χ1) is 14.5. The highest BCUT2D eigenvalue weighted by Crippen LogP contribution is 2.33. The Kier molecular flexibility index (Phi) is 5.85. The molecule has 2 aromatic carbocycles. The summed E-state index contributed by atoms with van der Waals surface area (Å²) >= 11 is 0. The summed E-state index contributed by atoms with van der Waals surface area (Å²) in [4.78, 5) is 25.8. The highest BCUT2D eigenvalue weighted by molar-refractivity contribution is 5.98. The van der Waals surface area contributed by atoms with Gasteiger partial charge in [-0.2, -0.15) is 0 Å². The molecule has 0 amide bonds. The van der Waals surface area contributed by atoms with Gasteiger partial charge in [0.2, 0.25) is 0 Å². The van der Waals surface area contributed by atoms with Gasteiger partial charge in [0.1, 0.15) is 19.0 Å². The smallest absolute Gasteiger partial charge is 0.270 e. The van der Waals surface area contributed by atoms with Crippen molar-refractivity contribution in [3.63, 3.8) is 0 Å². The average molecular weight is 412 g/mol. The van der Waals surface area contributed by atoms with Crippen molar-refractivity contribution < 1.29 is 23.9 Å². The third-order valence-corrected chi connectivity index (χ3v) is 5.65. The summed E-state index contributed by atoms with van der Waals surface area (Å²) in [5, 5.41) is 11.1. The zero-order chi connectivity index (χ0) is 21.1. The molecule has 8 nitrogen and oxygen atoms in total. The first-order valence-electron chi connectivity index (χ1n) is 10.0. The zero-order valence-electron chi connectivity index (χ0n) is 16.8. The predicted molar refractivity (Wildman–Crippen MR) is 109 cm³/mol. The van der Waals surface area contributed by atoms with Crippen LogP contribution in [0.25, 0.3) is 0 Å². The number of carbonyl (C=O) groups is 1. The van der Waals surface area contributed by atoms with Gasteiger partial charge in [0.05, 0.1) is 12.0 Å². The van der Waals surface area contributed by atoms with Gasteiger partial charge in [-0.3, -0.25) is 19.8 Å². The van der Waals surface area contributed by atoms with E-state index in [1.165, 1.54) is 6.07 Å². The van der Waals surface area contributed by atoms with E-state index >= 15 is 0 Å². The van der Waals surface area contributed by atoms with Crippen LogP contribution >= 0.6 is 0 Å². The number of methoxy groups -OCH3 is 1. The van der Waals surface area contributed by atoms with Crippen molar-refractivity contribution in [1.82, 2.24) is 4.90 Å². The molecular formula is C22H24N2O6. The first kappa shape index (κ1) is 20.2. The number of benzene rings is 2. The molecule has 0 aromatic heterocycles. The fourth-order valence-electron chi connectivity index (χ4n) is 4.03. The van der Waals surface area contributed by atoms with E-state index in [2.05, 4.69) is 4.90 Å². The van der Waals surface area contributed by atoms with Crippen LogP contribution in [0.5, 0.6) is 17.2 Å². The summed E-state index contributed by atoms with van der Waals surface area (Å²) in [5.41, 5.74) is 1.48. The lowest BCUT2D eigenvalue weighted by Crippen LogP contribution is -2.36. The minimum atomic E-state index is -0.402. The van der Waals surface area contributed by atoms with Gasteiger partial charge < -0.3 is 14.2 Å². The Bertz CT molecular complexity index is 953. The van der Waals surface area contributed by atoms with E-state index in [1.54, 1.807) is 37.4 Å². The number of non-ortho nitro benzene ring substituents is 1. The molecule has 4 rings (SSSR count). The van der Waals surface area contributed by atoms with E-state index in [4.69, 9.17) is 14.2 Å². The van der Waals surface area contributed by atoms with Crippen LogP contribution in [0.4, 0.5) is 5.69 Å². The minimum Gasteiger partial charge on any atom is -0.496 e. The molecule has 0 aliphatic carbocycles. The van der Waals surface area contributed by atoms with Gasteiger partial charge in [-0.25, -0.2) is 0 Å². The Hall–Kier alpha value is -3.13. The molecule has 0 spiro atoms. The van der Waals surface area contributed by atoms with Crippen LogP contribution in [0.2, 0.25) is 0 Å². The van der Waals surface area contributed by atoms with Crippen LogP contribution in [0.3, 0.4) is 0 Å². The van der Waals surface area contributed by atoms with E-state index in [1.807, 2.05) is 0 Å². The van der Waals surface area contributed by atoms with Crippen LogP contribution < -0.4 is 14.2 Å². The second-order valence-corrected chi connectivity index (χ2v) is 7.53. The van der Waals surface area contributed by atoms with E-state index < -0.39 is 4.92 Å². The average Bonchev–Trinajstić information content (AvgIpc) is 2.78. The molecule has 0 atom stereocenters. The number of nitrogens with zero attached hydrogens (tertiary/aromatic N) is 2. The number of nitro groups is 1. The fraction of sp³-hybridized carbons (Fsp3) is 0.409. The van der Waals surface area contributed by atoms with E-state index in [0.717, 1.165) is 31.5 Å². The Morgan fingerprint density at radius 1 is 1.13 bits per heavy atom. The number of fused-ring (bicyclic) bond motifs is 1. The number of nitro benzene ring substituents is 1. The summed E-state index contributed by atoms with van der Waals surface area (Å²) in [7, 11) is 1.56. The minimum absolute atomic E-state index is 0.0455. The van der Waals surface area contributed by atoms with Crippen LogP contribution in [-0.2, 0) is 6.54 Å². The SMILES string of the molecule is COc1ccc([N+](=O)[O-])cc1CN1CCC(C(=O)c2ccc3c(c2)OCCO3)CC1. The molecule has 0 N–H and O–H groups in total. The number of hydrogen-bond acceptors (Lipinski definition) is 7. The summed E-state index contributed by atoms with van der Waals surface area (Å²) < 4.78 is 16.5. The number of carbonyl (C=O) groups excluding carboxylic acids is 1. The van der Waals surface area contributed by atoms with Gasteiger partial charge in [0.25, 0.3) is 5.69 Å². The number of piperidine rings is 1. The van der Waals surface area contributed by atoms with Crippen LogP contribution in [-0.4, -0.2) is 49.0 Å². The lowest BCUT2D eigenvalue weighted by atomic mass is 9.88. The van der Waals surface area contributed by atoms with Crippen molar-refractivity contribution in [2.24, 2.45) is 5.92 Å². The molecule has 0 unspecified atom stereocenters. The zero-order valence-corrected chi connectivity index (χ0v) is 16.8. The van der Waals surface area contributed by atoms with Crippen molar-refractivity contribution >= 4 is 11.5 Å². The molecule has 1 saturated heterocycles. The highest BCUT2D eigenvalue weighted by atomic mass is 16.6. The Balaban J connectivity index is 1.39. The summed E-state index contributed by atoms with van der Waals surface area (Å²) in [6, 6.07) is 10.0. The monoisotopic (exact) mass is 412 g/mol. The molecule has 30 heavy (non-hydrogen) atoms. The van der Waals surface area contributed by atoms with Crippen molar-refractivity contribution in [2.75, 3.05) is 33.4 Å². The molecule has 0 saturated carbocycles. The molecule has 0 bridgehead atoms. The number of ketones is 1. The van der Waals surface area contributed by atoms with Gasteiger partial charge in [-0.1, -0.05) is 0 Å². The molecule has 2 aliphatic heterocycles. The van der Waals surface area contributed by atoms with Gasteiger partial charge in [-0.15, -0.1) is 0 Å². The van der Waals surface area contributed by atoms with Crippen molar-refractivity contribution in [2.45, 2.75) is 19.4 Å². The summed E-state index contributed by atoms with van der Waals surface area (Å²) in [5.74, 6) is 2.02. The van der Waals surface area contributed by atoms with E-state index in [9.17, 15) is 14.9 Å². The maximum Gasteiger partial charge on any atom is 0.270 e. The highest BCUT2D eigenvalue weighted by Gasteiger charge is 2.27. The maximum absolute atomic E-state index is 13.0. The Labute approximate surface area is 174 Å². The number of hydrogen-bond donors (Lipinski definition) is 0. The van der Waals surface area contributed by atoms with E-state index in [-0.39, 0.29) is 17.4 Å². The number of ether oxygens (including phenoxy) is 3. The van der Waals surface area contributed by atoms with E-state index in [0.29, 0.717) is 42.6 Å². The molecule has 1 fully saturated rings. The third-order valence-electron chi connectivity index (χ3n) is 5.65. The Morgan fingerprint density at radius 3 is 2.57 bits per heavy atom. The molecule has 2 aliphatic rings. The quantitative estimate of drug-likeness (QED) is 0.408. The molecule has 2 heterocycles. The van der Waals surface area contributed by atoms with Crippen molar-refractivity contribution in [3.05, 3.63) is 57.6 Å². The van der Waals surface area contributed by atoms with Crippen molar-refractivity contribution in [3.8, 4) is 17.2 Å². The summed E-state index contributed by atoms with van der Waals surface area (Å²) in [6.45, 7) is 3.05. The molecule has 0 radical (unpaired) electrons. The molecule has 2 aromatic rings. The van der Waals surface area contributed by atoms with Gasteiger partial charge in [0, 0.05) is 35.7 Å². The number of rotatable bonds is 6. The van der Waals surface area contributed by atoms with Crippen molar-refractivity contribution in [1.29, 1.82) is 0 Å². The standard InChI is InChI=1S/C22H24N2O6/c1-28-19-5-3-18(24(26)27)12-17(19)14-23-8-6-15(7-9-23)22(25)16-2-4-20-21(13-16)30-11-10-29-20/h2-5,12-13,15H,6-11,14H2,1H3. The molecule has 8 heteroatoms. The topological polar surface area (TPSA) is 91.1 Å². The largest absolute Gasteiger partial charge is 0.496 e. The number of Topliss-reactive ketones (excluding diaryl/α,β-unsaturated/α-hetero) is 1. The first-order valence-corrected chi connectivity index (χ1v) is 10.0.